The Morgan fingerprint density at radius 3 is 2.47 bits per heavy atom. The first kappa shape index (κ1) is 28.3. The molecule has 0 saturated carbocycles. The molecule has 1 aromatic carbocycles. The molecule has 1 aliphatic heterocycles. The molecule has 10 heteroatoms. The number of amides is 1. The molecule has 1 fully saturated rings. The molecule has 202 valence electrons. The van der Waals surface area contributed by atoms with Crippen molar-refractivity contribution in [3.8, 4) is 22.5 Å². The van der Waals surface area contributed by atoms with Gasteiger partial charge in [-0.25, -0.2) is 4.98 Å². The Morgan fingerprint density at radius 1 is 1.08 bits per heavy atom. The minimum atomic E-state index is -4.41. The normalized spacial score (nSPS) is 14.5. The van der Waals surface area contributed by atoms with Gasteiger partial charge in [-0.15, -0.1) is 0 Å². The highest BCUT2D eigenvalue weighted by Crippen LogP contribution is 2.35. The molecule has 1 aliphatic rings. The molecule has 0 atom stereocenters. The highest BCUT2D eigenvalue weighted by Gasteiger charge is 2.30. The maximum absolute atomic E-state index is 13.1. The Hall–Kier alpha value is -2.76. The fourth-order valence-electron chi connectivity index (χ4n) is 4.60. The highest BCUT2D eigenvalue weighted by atomic mass is 127. The molecular formula is C28H31F3IN5O. The van der Waals surface area contributed by atoms with Crippen molar-refractivity contribution >= 4 is 34.3 Å². The molecule has 0 radical (unpaired) electrons. The molecule has 3 aromatic rings. The molecule has 1 saturated heterocycles. The molecule has 2 aromatic heterocycles. The average molecular weight is 637 g/mol. The molecular weight excluding hydrogens is 606 g/mol. The Morgan fingerprint density at radius 2 is 1.82 bits per heavy atom. The molecule has 1 N–H and O–H groups in total. The van der Waals surface area contributed by atoms with Crippen LogP contribution < -0.4 is 10.2 Å². The fraction of sp³-hybridized carbons (Fsp3) is 0.429. The topological polar surface area (TPSA) is 71.0 Å². The van der Waals surface area contributed by atoms with Crippen molar-refractivity contribution in [2.24, 2.45) is 0 Å². The van der Waals surface area contributed by atoms with E-state index >= 15 is 0 Å². The van der Waals surface area contributed by atoms with E-state index in [2.05, 4.69) is 44.7 Å². The van der Waals surface area contributed by atoms with E-state index in [-0.39, 0.29) is 11.9 Å². The van der Waals surface area contributed by atoms with Crippen LogP contribution in [0.2, 0.25) is 0 Å². The van der Waals surface area contributed by atoms with Crippen molar-refractivity contribution in [2.75, 3.05) is 18.0 Å². The lowest BCUT2D eigenvalue weighted by Crippen LogP contribution is -2.45. The summed E-state index contributed by atoms with van der Waals surface area (Å²) >= 11 is 2.26. The van der Waals surface area contributed by atoms with Crippen molar-refractivity contribution in [2.45, 2.75) is 62.1 Å². The van der Waals surface area contributed by atoms with Crippen LogP contribution in [0, 0.1) is 0 Å². The van der Waals surface area contributed by atoms with Gasteiger partial charge in [-0.2, -0.15) is 13.2 Å². The van der Waals surface area contributed by atoms with Crippen LogP contribution in [0.25, 0.3) is 22.5 Å². The SMILES string of the molecule is CCCCCC(=O)NC1CCN(c2cnc(-c3ccc(C(F)(F)F)cc3)c(-c3ccncc3CI)n2)CC1. The maximum Gasteiger partial charge on any atom is 0.416 e. The number of pyridine rings is 1. The van der Waals surface area contributed by atoms with Gasteiger partial charge in [-0.3, -0.25) is 14.8 Å². The van der Waals surface area contributed by atoms with Crippen LogP contribution in [0.15, 0.2) is 48.9 Å². The number of hydrogen-bond acceptors (Lipinski definition) is 5. The van der Waals surface area contributed by atoms with Gasteiger partial charge >= 0.3 is 6.18 Å². The molecule has 3 heterocycles. The highest BCUT2D eigenvalue weighted by molar-refractivity contribution is 14.1. The summed E-state index contributed by atoms with van der Waals surface area (Å²) in [6, 6.07) is 7.04. The number of nitrogens with zero attached hydrogens (tertiary/aromatic N) is 4. The number of rotatable bonds is 9. The number of anilines is 1. The zero-order valence-electron chi connectivity index (χ0n) is 21.3. The van der Waals surface area contributed by atoms with Crippen LogP contribution in [-0.4, -0.2) is 40.0 Å². The summed E-state index contributed by atoms with van der Waals surface area (Å²) < 4.78 is 40.1. The van der Waals surface area contributed by atoms with Gasteiger partial charge < -0.3 is 10.2 Å². The van der Waals surface area contributed by atoms with Gasteiger partial charge in [0.2, 0.25) is 5.91 Å². The molecule has 6 nitrogen and oxygen atoms in total. The van der Waals surface area contributed by atoms with Gasteiger partial charge in [-0.1, -0.05) is 54.5 Å². The van der Waals surface area contributed by atoms with Crippen LogP contribution in [-0.2, 0) is 15.4 Å². The largest absolute Gasteiger partial charge is 0.416 e. The summed E-state index contributed by atoms with van der Waals surface area (Å²) in [6.07, 6.45) is 6.00. The average Bonchev–Trinajstić information content (AvgIpc) is 2.93. The first-order chi connectivity index (χ1) is 18.3. The third kappa shape index (κ3) is 7.00. The van der Waals surface area contributed by atoms with E-state index in [1.54, 1.807) is 18.6 Å². The number of halogens is 4. The monoisotopic (exact) mass is 637 g/mol. The fourth-order valence-corrected chi connectivity index (χ4v) is 5.21. The molecule has 0 aliphatic carbocycles. The van der Waals surface area contributed by atoms with E-state index in [0.717, 1.165) is 68.5 Å². The molecule has 4 rings (SSSR count). The molecule has 38 heavy (non-hydrogen) atoms. The quantitative estimate of drug-likeness (QED) is 0.158. The third-order valence-corrected chi connectivity index (χ3v) is 7.56. The van der Waals surface area contributed by atoms with E-state index in [0.29, 0.717) is 33.6 Å². The van der Waals surface area contributed by atoms with Crippen LogP contribution in [0.5, 0.6) is 0 Å². The Bertz CT molecular complexity index is 1230. The summed E-state index contributed by atoms with van der Waals surface area (Å²) in [5, 5.41) is 3.16. The van der Waals surface area contributed by atoms with Crippen molar-refractivity contribution in [1.82, 2.24) is 20.3 Å². The standard InChI is InChI=1S/C28H31F3IN5O/c1-2-3-4-5-25(38)35-22-11-14-37(15-12-22)24-18-34-26(19-6-8-21(9-7-19)28(29,30)31)27(36-24)23-10-13-33-17-20(23)16-32/h6-10,13,17-18,22H,2-5,11-12,14-16H2,1H3,(H,35,38). The van der Waals surface area contributed by atoms with Crippen molar-refractivity contribution in [3.05, 3.63) is 60.0 Å². The Kier molecular flexibility index (Phi) is 9.56. The summed E-state index contributed by atoms with van der Waals surface area (Å²) in [4.78, 5) is 28.3. The minimum Gasteiger partial charge on any atom is -0.355 e. The second kappa shape index (κ2) is 12.9. The maximum atomic E-state index is 13.1. The number of carbonyl (C=O) groups is 1. The van der Waals surface area contributed by atoms with E-state index in [1.807, 2.05) is 6.07 Å². The first-order valence-electron chi connectivity index (χ1n) is 12.9. The number of carbonyl (C=O) groups excluding carboxylic acids is 1. The van der Waals surface area contributed by atoms with Gasteiger partial charge in [0.25, 0.3) is 0 Å². The van der Waals surface area contributed by atoms with Crippen molar-refractivity contribution < 1.29 is 18.0 Å². The van der Waals surface area contributed by atoms with E-state index in [1.165, 1.54) is 12.1 Å². The lowest BCUT2D eigenvalue weighted by Gasteiger charge is -2.33. The lowest BCUT2D eigenvalue weighted by molar-refractivity contribution is -0.137. The van der Waals surface area contributed by atoms with Gasteiger partial charge in [0, 0.05) is 53.5 Å². The second-order valence-electron chi connectivity index (χ2n) is 9.45. The van der Waals surface area contributed by atoms with Gasteiger partial charge in [0.05, 0.1) is 23.1 Å². The zero-order chi connectivity index (χ0) is 27.1. The molecule has 0 spiro atoms. The van der Waals surface area contributed by atoms with Crippen LogP contribution in [0.1, 0.15) is 56.6 Å². The Balaban J connectivity index is 1.58. The van der Waals surface area contributed by atoms with Crippen LogP contribution in [0.3, 0.4) is 0 Å². The summed E-state index contributed by atoms with van der Waals surface area (Å²) in [6.45, 7) is 3.57. The second-order valence-corrected chi connectivity index (χ2v) is 10.2. The molecule has 1 amide bonds. The van der Waals surface area contributed by atoms with Crippen molar-refractivity contribution in [1.29, 1.82) is 0 Å². The summed E-state index contributed by atoms with van der Waals surface area (Å²) in [7, 11) is 0. The predicted octanol–water partition coefficient (Wildman–Crippen LogP) is 6.82. The van der Waals surface area contributed by atoms with Crippen molar-refractivity contribution in [3.63, 3.8) is 0 Å². The number of hydrogen-bond donors (Lipinski definition) is 1. The molecule has 0 unspecified atom stereocenters. The minimum absolute atomic E-state index is 0.115. The van der Waals surface area contributed by atoms with Crippen LogP contribution in [0.4, 0.5) is 19.0 Å². The number of nitrogens with one attached hydrogen (secondary N) is 1. The first-order valence-corrected chi connectivity index (χ1v) is 14.4. The number of benzene rings is 1. The van der Waals surface area contributed by atoms with Gasteiger partial charge in [0.1, 0.15) is 5.82 Å². The number of aromatic nitrogens is 3. The zero-order valence-corrected chi connectivity index (χ0v) is 23.4. The number of piperidine rings is 1. The van der Waals surface area contributed by atoms with E-state index in [4.69, 9.17) is 9.97 Å². The number of unbranched alkanes of at least 4 members (excludes halogenated alkanes) is 2. The predicted molar refractivity (Wildman–Crippen MR) is 151 cm³/mol. The third-order valence-electron chi connectivity index (χ3n) is 6.74. The Labute approximate surface area is 234 Å². The molecule has 0 bridgehead atoms. The number of alkyl halides is 4. The lowest BCUT2D eigenvalue weighted by atomic mass is 10.0. The smallest absolute Gasteiger partial charge is 0.355 e. The summed E-state index contributed by atoms with van der Waals surface area (Å²) in [5.74, 6) is 0.823. The van der Waals surface area contributed by atoms with Gasteiger partial charge in [-0.05, 0) is 43.0 Å². The summed E-state index contributed by atoms with van der Waals surface area (Å²) in [5.41, 5.74) is 2.82. The van der Waals surface area contributed by atoms with E-state index in [9.17, 15) is 18.0 Å². The van der Waals surface area contributed by atoms with E-state index < -0.39 is 11.7 Å². The van der Waals surface area contributed by atoms with Crippen LogP contribution >= 0.6 is 22.6 Å². The van der Waals surface area contributed by atoms with Gasteiger partial charge in [0.15, 0.2) is 0 Å².